The highest BCUT2D eigenvalue weighted by Gasteiger charge is 2.34. The van der Waals surface area contributed by atoms with Crippen LogP contribution in [0.1, 0.15) is 39.2 Å². The molecule has 140 valence electrons. The molecule has 1 fully saturated rings. The van der Waals surface area contributed by atoms with Gasteiger partial charge in [0.15, 0.2) is 11.5 Å². The van der Waals surface area contributed by atoms with Gasteiger partial charge in [0.05, 0.1) is 14.2 Å². The fourth-order valence-corrected chi connectivity index (χ4v) is 3.72. The summed E-state index contributed by atoms with van der Waals surface area (Å²) in [6.07, 6.45) is 1.54. The van der Waals surface area contributed by atoms with E-state index in [0.717, 1.165) is 18.5 Å². The lowest BCUT2D eigenvalue weighted by molar-refractivity contribution is -0.136. The van der Waals surface area contributed by atoms with Crippen molar-refractivity contribution in [1.82, 2.24) is 9.80 Å². The third-order valence-electron chi connectivity index (χ3n) is 5.39. The van der Waals surface area contributed by atoms with Gasteiger partial charge in [-0.25, -0.2) is 0 Å². The highest BCUT2D eigenvalue weighted by Crippen LogP contribution is 2.31. The van der Waals surface area contributed by atoms with E-state index in [9.17, 15) is 4.79 Å². The molecule has 0 saturated carbocycles. The summed E-state index contributed by atoms with van der Waals surface area (Å²) in [5, 5.41) is 0. The van der Waals surface area contributed by atoms with Gasteiger partial charge in [-0.15, -0.1) is 0 Å². The Morgan fingerprint density at radius 3 is 2.52 bits per heavy atom. The molecule has 1 aliphatic rings. The fourth-order valence-electron chi connectivity index (χ4n) is 3.72. The van der Waals surface area contributed by atoms with Gasteiger partial charge >= 0.3 is 0 Å². The minimum Gasteiger partial charge on any atom is -0.493 e. The minimum atomic E-state index is 0.211. The summed E-state index contributed by atoms with van der Waals surface area (Å²) in [7, 11) is 5.43. The van der Waals surface area contributed by atoms with E-state index in [1.54, 1.807) is 14.2 Å². The standard InChI is InChI=1S/C20H32N2O3/c1-7-20(23)22(17-10-15(3)21(4)12-14(17)2)13-16-8-9-18(24-5)19(11-16)25-6/h8-9,11,14-15,17H,7,10,12-13H2,1-6H3. The quantitative estimate of drug-likeness (QED) is 0.792. The van der Waals surface area contributed by atoms with Gasteiger partial charge in [0, 0.05) is 31.6 Å². The Labute approximate surface area is 151 Å². The molecule has 0 spiro atoms. The molecule has 25 heavy (non-hydrogen) atoms. The van der Waals surface area contributed by atoms with Crippen LogP contribution >= 0.6 is 0 Å². The molecule has 0 bridgehead atoms. The van der Waals surface area contributed by atoms with Crippen LogP contribution in [0.3, 0.4) is 0 Å². The first-order valence-corrected chi connectivity index (χ1v) is 9.11. The van der Waals surface area contributed by atoms with Crippen molar-refractivity contribution in [2.75, 3.05) is 27.8 Å². The zero-order chi connectivity index (χ0) is 18.6. The molecule has 0 aliphatic carbocycles. The Balaban J connectivity index is 2.25. The van der Waals surface area contributed by atoms with E-state index < -0.39 is 0 Å². The molecular weight excluding hydrogens is 316 g/mol. The van der Waals surface area contributed by atoms with Crippen molar-refractivity contribution in [2.24, 2.45) is 5.92 Å². The summed E-state index contributed by atoms with van der Waals surface area (Å²) in [5.74, 6) is 2.08. The van der Waals surface area contributed by atoms with Crippen LogP contribution in [-0.2, 0) is 11.3 Å². The number of hydrogen-bond acceptors (Lipinski definition) is 4. The molecule has 5 heteroatoms. The van der Waals surface area contributed by atoms with Gasteiger partial charge in [-0.05, 0) is 44.0 Å². The smallest absolute Gasteiger partial charge is 0.222 e. The summed E-state index contributed by atoms with van der Waals surface area (Å²) >= 11 is 0. The van der Waals surface area contributed by atoms with Crippen LogP contribution in [-0.4, -0.2) is 55.6 Å². The maximum absolute atomic E-state index is 12.7. The van der Waals surface area contributed by atoms with Gasteiger partial charge < -0.3 is 19.3 Å². The monoisotopic (exact) mass is 348 g/mol. The van der Waals surface area contributed by atoms with Crippen molar-refractivity contribution in [3.05, 3.63) is 23.8 Å². The second-order valence-electron chi connectivity index (χ2n) is 7.13. The molecule has 0 radical (unpaired) electrons. The lowest BCUT2D eigenvalue weighted by Gasteiger charge is -2.45. The molecule has 3 unspecified atom stereocenters. The summed E-state index contributed by atoms with van der Waals surface area (Å²) in [6.45, 7) is 8.05. The predicted molar refractivity (Wildman–Crippen MR) is 100 cm³/mol. The molecule has 5 nitrogen and oxygen atoms in total. The third-order valence-corrected chi connectivity index (χ3v) is 5.39. The largest absolute Gasteiger partial charge is 0.493 e. The Morgan fingerprint density at radius 1 is 1.24 bits per heavy atom. The number of methoxy groups -OCH3 is 2. The number of nitrogens with zero attached hydrogens (tertiary/aromatic N) is 2. The van der Waals surface area contributed by atoms with Crippen LogP contribution in [0.5, 0.6) is 11.5 Å². The van der Waals surface area contributed by atoms with E-state index in [4.69, 9.17) is 9.47 Å². The van der Waals surface area contributed by atoms with Crippen molar-refractivity contribution in [2.45, 2.75) is 52.2 Å². The van der Waals surface area contributed by atoms with Gasteiger partial charge in [0.1, 0.15) is 0 Å². The van der Waals surface area contributed by atoms with Gasteiger partial charge in [0.2, 0.25) is 5.91 Å². The van der Waals surface area contributed by atoms with E-state index in [1.165, 1.54) is 0 Å². The topological polar surface area (TPSA) is 42.0 Å². The minimum absolute atomic E-state index is 0.211. The zero-order valence-corrected chi connectivity index (χ0v) is 16.4. The first-order valence-electron chi connectivity index (χ1n) is 9.11. The summed E-state index contributed by atoms with van der Waals surface area (Å²) in [4.78, 5) is 17.1. The average molecular weight is 348 g/mol. The van der Waals surface area contributed by atoms with Gasteiger partial charge in [-0.2, -0.15) is 0 Å². The summed E-state index contributed by atoms with van der Waals surface area (Å²) in [5.41, 5.74) is 1.07. The summed E-state index contributed by atoms with van der Waals surface area (Å²) in [6, 6.07) is 6.65. The fraction of sp³-hybridized carbons (Fsp3) is 0.650. The molecule has 3 atom stereocenters. The van der Waals surface area contributed by atoms with Crippen LogP contribution in [0, 0.1) is 5.92 Å². The van der Waals surface area contributed by atoms with E-state index in [1.807, 2.05) is 25.1 Å². The van der Waals surface area contributed by atoms with Gasteiger partial charge in [-0.3, -0.25) is 4.79 Å². The number of benzene rings is 1. The SMILES string of the molecule is CCC(=O)N(Cc1ccc(OC)c(OC)c1)C1CC(C)N(C)CC1C. The summed E-state index contributed by atoms with van der Waals surface area (Å²) < 4.78 is 10.7. The molecule has 2 rings (SSSR count). The molecule has 0 aromatic heterocycles. The number of likely N-dealkylation sites (tertiary alicyclic amines) is 1. The highest BCUT2D eigenvalue weighted by molar-refractivity contribution is 5.76. The molecule has 1 amide bonds. The lowest BCUT2D eigenvalue weighted by Crippen LogP contribution is -2.53. The Bertz CT molecular complexity index is 590. The number of amides is 1. The molecule has 1 heterocycles. The maximum Gasteiger partial charge on any atom is 0.222 e. The Morgan fingerprint density at radius 2 is 1.92 bits per heavy atom. The van der Waals surface area contributed by atoms with Crippen molar-refractivity contribution in [3.63, 3.8) is 0 Å². The van der Waals surface area contributed by atoms with Crippen LogP contribution in [0.4, 0.5) is 0 Å². The number of carbonyl (C=O) groups is 1. The predicted octanol–water partition coefficient (Wildman–Crippen LogP) is 3.17. The molecule has 1 aliphatic heterocycles. The number of hydrogen-bond donors (Lipinski definition) is 0. The second-order valence-corrected chi connectivity index (χ2v) is 7.13. The van der Waals surface area contributed by atoms with Crippen molar-refractivity contribution < 1.29 is 14.3 Å². The zero-order valence-electron chi connectivity index (χ0n) is 16.4. The lowest BCUT2D eigenvalue weighted by atomic mass is 9.88. The number of ether oxygens (including phenoxy) is 2. The Kier molecular flexibility index (Phi) is 6.71. The van der Waals surface area contributed by atoms with Crippen LogP contribution in [0.15, 0.2) is 18.2 Å². The van der Waals surface area contributed by atoms with Crippen molar-refractivity contribution >= 4 is 5.91 Å². The molecule has 0 N–H and O–H groups in total. The van der Waals surface area contributed by atoms with E-state index in [-0.39, 0.29) is 11.9 Å². The number of carbonyl (C=O) groups excluding carboxylic acids is 1. The van der Waals surface area contributed by atoms with E-state index in [2.05, 4.69) is 30.7 Å². The number of rotatable bonds is 6. The average Bonchev–Trinajstić information content (AvgIpc) is 2.62. The third kappa shape index (κ3) is 4.46. The first kappa shape index (κ1) is 19.6. The first-order chi connectivity index (χ1) is 11.9. The maximum atomic E-state index is 12.7. The Hall–Kier alpha value is -1.75. The van der Waals surface area contributed by atoms with Crippen LogP contribution < -0.4 is 9.47 Å². The highest BCUT2D eigenvalue weighted by atomic mass is 16.5. The second kappa shape index (κ2) is 8.56. The van der Waals surface area contributed by atoms with E-state index in [0.29, 0.717) is 36.4 Å². The van der Waals surface area contributed by atoms with Gasteiger partial charge in [0.25, 0.3) is 0 Å². The molecular formula is C20H32N2O3. The van der Waals surface area contributed by atoms with Crippen LogP contribution in [0.2, 0.25) is 0 Å². The normalized spacial score (nSPS) is 24.0. The number of piperidine rings is 1. The molecule has 1 aromatic rings. The van der Waals surface area contributed by atoms with Crippen molar-refractivity contribution in [3.8, 4) is 11.5 Å². The van der Waals surface area contributed by atoms with Gasteiger partial charge in [-0.1, -0.05) is 19.9 Å². The van der Waals surface area contributed by atoms with Crippen molar-refractivity contribution in [1.29, 1.82) is 0 Å². The van der Waals surface area contributed by atoms with E-state index >= 15 is 0 Å². The molecule has 1 aromatic carbocycles. The van der Waals surface area contributed by atoms with Crippen LogP contribution in [0.25, 0.3) is 0 Å². The molecule has 1 saturated heterocycles.